The van der Waals surface area contributed by atoms with Crippen molar-refractivity contribution in [3.05, 3.63) is 60.2 Å². The molecule has 3 atom stereocenters. The summed E-state index contributed by atoms with van der Waals surface area (Å²) in [5, 5.41) is -0.0991. The molecule has 2 aliphatic heterocycles. The molecule has 0 radical (unpaired) electrons. The van der Waals surface area contributed by atoms with Crippen molar-refractivity contribution in [1.82, 2.24) is 14.8 Å². The molecule has 2 aromatic rings. The molecule has 2 amide bonds. The van der Waals surface area contributed by atoms with Gasteiger partial charge < -0.3 is 9.80 Å². The van der Waals surface area contributed by atoms with E-state index in [-0.39, 0.29) is 17.1 Å². The molecule has 0 saturated carbocycles. The average molecular weight is 387 g/mol. The Labute approximate surface area is 160 Å². The number of amides is 2. The van der Waals surface area contributed by atoms with E-state index in [1.807, 2.05) is 17.0 Å². The lowest BCUT2D eigenvalue weighted by Gasteiger charge is -2.24. The number of benzene rings is 1. The molecule has 3 unspecified atom stereocenters. The maximum absolute atomic E-state index is 13.1. The Hall–Kier alpha value is -2.28. The van der Waals surface area contributed by atoms with Gasteiger partial charge in [0.05, 0.1) is 16.0 Å². The second-order valence-corrected chi connectivity index (χ2v) is 8.84. The standard InChI is InChI=1S/C20H22FN3O2S/c21-17-1-3-18(4-2-17)27(26)19-8-12-24(14-19)20(25)23-11-7-16(13-23)15-5-9-22-10-6-15/h1-6,9-10,16,19H,7-8,11-14H2. The van der Waals surface area contributed by atoms with Crippen molar-refractivity contribution in [1.29, 1.82) is 0 Å². The number of hydrogen-bond donors (Lipinski definition) is 0. The fourth-order valence-electron chi connectivity index (χ4n) is 3.88. The van der Waals surface area contributed by atoms with Gasteiger partial charge in [0, 0.05) is 49.4 Å². The fourth-order valence-corrected chi connectivity index (χ4v) is 5.30. The molecule has 4 rings (SSSR count). The molecule has 27 heavy (non-hydrogen) atoms. The fraction of sp³-hybridized carbons (Fsp3) is 0.400. The first-order valence-electron chi connectivity index (χ1n) is 9.22. The number of urea groups is 1. The highest BCUT2D eigenvalue weighted by molar-refractivity contribution is 7.85. The predicted molar refractivity (Wildman–Crippen MR) is 101 cm³/mol. The van der Waals surface area contributed by atoms with Crippen LogP contribution in [0.2, 0.25) is 0 Å². The number of likely N-dealkylation sites (tertiary alicyclic amines) is 2. The SMILES string of the molecule is O=C(N1CCC(c2ccncc2)C1)N1CCC(S(=O)c2ccc(F)cc2)C1. The third-order valence-electron chi connectivity index (χ3n) is 5.40. The minimum absolute atomic E-state index is 0.0326. The van der Waals surface area contributed by atoms with Crippen molar-refractivity contribution in [2.75, 3.05) is 26.2 Å². The topological polar surface area (TPSA) is 53.5 Å². The minimum atomic E-state index is -1.23. The minimum Gasteiger partial charge on any atom is -0.324 e. The molecule has 5 nitrogen and oxygen atoms in total. The Bertz CT molecular complexity index is 831. The first kappa shape index (κ1) is 18.1. The van der Waals surface area contributed by atoms with Crippen LogP contribution >= 0.6 is 0 Å². The molecule has 0 bridgehead atoms. The molecule has 0 spiro atoms. The average Bonchev–Trinajstić information content (AvgIpc) is 3.38. The van der Waals surface area contributed by atoms with Gasteiger partial charge in [-0.1, -0.05) is 0 Å². The summed E-state index contributed by atoms with van der Waals surface area (Å²) in [7, 11) is -1.23. The van der Waals surface area contributed by atoms with E-state index in [4.69, 9.17) is 0 Å². The van der Waals surface area contributed by atoms with Crippen molar-refractivity contribution in [2.24, 2.45) is 0 Å². The molecule has 1 aromatic carbocycles. The highest BCUT2D eigenvalue weighted by Crippen LogP contribution is 2.29. The van der Waals surface area contributed by atoms with Crippen LogP contribution in [-0.2, 0) is 10.8 Å². The van der Waals surface area contributed by atoms with E-state index >= 15 is 0 Å². The second-order valence-electron chi connectivity index (χ2n) is 7.10. The highest BCUT2D eigenvalue weighted by atomic mass is 32.2. The molecular weight excluding hydrogens is 365 g/mol. The summed E-state index contributed by atoms with van der Waals surface area (Å²) in [6.45, 7) is 2.56. The number of hydrogen-bond acceptors (Lipinski definition) is 3. The molecule has 0 N–H and O–H groups in total. The monoisotopic (exact) mass is 387 g/mol. The normalized spacial score (nSPS) is 23.6. The zero-order chi connectivity index (χ0) is 18.8. The van der Waals surface area contributed by atoms with Crippen LogP contribution in [0, 0.1) is 5.82 Å². The number of halogens is 1. The number of carbonyl (C=O) groups is 1. The van der Waals surface area contributed by atoms with Crippen LogP contribution in [0.1, 0.15) is 24.3 Å². The molecular formula is C20H22FN3O2S. The summed E-state index contributed by atoms with van der Waals surface area (Å²) in [6.07, 6.45) is 5.23. The third-order valence-corrected chi connectivity index (χ3v) is 7.13. The maximum atomic E-state index is 13.1. The van der Waals surface area contributed by atoms with Gasteiger partial charge in [0.2, 0.25) is 0 Å². The van der Waals surface area contributed by atoms with E-state index in [0.717, 1.165) is 13.0 Å². The Kier molecular flexibility index (Phi) is 5.20. The maximum Gasteiger partial charge on any atom is 0.320 e. The number of pyridine rings is 1. The van der Waals surface area contributed by atoms with Gasteiger partial charge >= 0.3 is 6.03 Å². The zero-order valence-corrected chi connectivity index (χ0v) is 15.8. The summed E-state index contributed by atoms with van der Waals surface area (Å²) in [5.41, 5.74) is 1.22. The Morgan fingerprint density at radius 2 is 1.67 bits per heavy atom. The van der Waals surface area contributed by atoms with E-state index in [1.165, 1.54) is 17.7 Å². The lowest BCUT2D eigenvalue weighted by molar-refractivity contribution is 0.172. The summed E-state index contributed by atoms with van der Waals surface area (Å²) < 4.78 is 25.8. The van der Waals surface area contributed by atoms with E-state index in [0.29, 0.717) is 36.9 Å². The molecule has 0 aliphatic carbocycles. The number of rotatable bonds is 3. The Balaban J connectivity index is 1.35. The van der Waals surface area contributed by atoms with E-state index in [2.05, 4.69) is 4.98 Å². The smallest absolute Gasteiger partial charge is 0.320 e. The zero-order valence-electron chi connectivity index (χ0n) is 15.0. The van der Waals surface area contributed by atoms with E-state index in [9.17, 15) is 13.4 Å². The second kappa shape index (κ2) is 7.76. The molecule has 1 aromatic heterocycles. The van der Waals surface area contributed by atoms with Crippen LogP contribution in [0.15, 0.2) is 53.7 Å². The van der Waals surface area contributed by atoms with Crippen LogP contribution < -0.4 is 0 Å². The van der Waals surface area contributed by atoms with Crippen LogP contribution in [0.25, 0.3) is 0 Å². The first-order valence-corrected chi connectivity index (χ1v) is 10.4. The molecule has 2 fully saturated rings. The van der Waals surface area contributed by atoms with Gasteiger partial charge in [-0.15, -0.1) is 0 Å². The molecule has 3 heterocycles. The Morgan fingerprint density at radius 3 is 2.41 bits per heavy atom. The highest BCUT2D eigenvalue weighted by Gasteiger charge is 2.35. The van der Waals surface area contributed by atoms with Crippen molar-refractivity contribution < 1.29 is 13.4 Å². The lowest BCUT2D eigenvalue weighted by atomic mass is 10.00. The molecule has 2 aliphatic rings. The summed E-state index contributed by atoms with van der Waals surface area (Å²) in [5.74, 6) is 0.0143. The third kappa shape index (κ3) is 3.88. The molecule has 142 valence electrons. The number of aromatic nitrogens is 1. The predicted octanol–water partition coefficient (Wildman–Crippen LogP) is 3.01. The quantitative estimate of drug-likeness (QED) is 0.814. The van der Waals surface area contributed by atoms with Gasteiger partial charge in [-0.2, -0.15) is 0 Å². The van der Waals surface area contributed by atoms with Gasteiger partial charge in [-0.25, -0.2) is 9.18 Å². The van der Waals surface area contributed by atoms with Crippen molar-refractivity contribution >= 4 is 16.8 Å². The lowest BCUT2D eigenvalue weighted by Crippen LogP contribution is -2.41. The van der Waals surface area contributed by atoms with Gasteiger partial charge in [0.1, 0.15) is 5.82 Å². The van der Waals surface area contributed by atoms with Crippen LogP contribution in [-0.4, -0.2) is 56.5 Å². The van der Waals surface area contributed by atoms with Gasteiger partial charge in [-0.3, -0.25) is 9.19 Å². The van der Waals surface area contributed by atoms with Gasteiger partial charge in [0.25, 0.3) is 0 Å². The summed E-state index contributed by atoms with van der Waals surface area (Å²) >= 11 is 0. The number of carbonyl (C=O) groups excluding carboxylic acids is 1. The largest absolute Gasteiger partial charge is 0.324 e. The summed E-state index contributed by atoms with van der Waals surface area (Å²) in [6, 6.07) is 9.84. The van der Waals surface area contributed by atoms with Crippen LogP contribution in [0.4, 0.5) is 9.18 Å². The van der Waals surface area contributed by atoms with Gasteiger partial charge in [-0.05, 0) is 54.8 Å². The van der Waals surface area contributed by atoms with E-state index in [1.54, 1.807) is 29.4 Å². The van der Waals surface area contributed by atoms with Crippen molar-refractivity contribution in [3.63, 3.8) is 0 Å². The first-order chi connectivity index (χ1) is 13.1. The molecule has 2 saturated heterocycles. The van der Waals surface area contributed by atoms with E-state index < -0.39 is 10.8 Å². The van der Waals surface area contributed by atoms with Crippen LogP contribution in [0.5, 0.6) is 0 Å². The van der Waals surface area contributed by atoms with Gasteiger partial charge in [0.15, 0.2) is 0 Å². The summed E-state index contributed by atoms with van der Waals surface area (Å²) in [4.78, 5) is 21.2. The molecule has 7 heteroatoms. The van der Waals surface area contributed by atoms with Crippen molar-refractivity contribution in [2.45, 2.75) is 28.9 Å². The van der Waals surface area contributed by atoms with Crippen LogP contribution in [0.3, 0.4) is 0 Å². The number of nitrogens with zero attached hydrogens (tertiary/aromatic N) is 3. The Morgan fingerprint density at radius 1 is 1.00 bits per heavy atom. The van der Waals surface area contributed by atoms with Crippen molar-refractivity contribution in [3.8, 4) is 0 Å².